The SMILES string of the molecule is NC(=O)Cc1cc(F)cc2[nH]c(N3CCN(c4ncc(F)cn4)CC3)nc12. The molecular weight excluding hydrogens is 356 g/mol. The number of halogens is 2. The van der Waals surface area contributed by atoms with E-state index >= 15 is 0 Å². The molecule has 2 aromatic heterocycles. The zero-order valence-electron chi connectivity index (χ0n) is 14.3. The van der Waals surface area contributed by atoms with Gasteiger partial charge in [-0.1, -0.05) is 0 Å². The number of imidazole rings is 1. The molecule has 0 radical (unpaired) electrons. The molecule has 1 saturated heterocycles. The average molecular weight is 373 g/mol. The van der Waals surface area contributed by atoms with Crippen LogP contribution in [0.1, 0.15) is 5.56 Å². The van der Waals surface area contributed by atoms with Gasteiger partial charge in [0.1, 0.15) is 5.82 Å². The highest BCUT2D eigenvalue weighted by Gasteiger charge is 2.22. The molecule has 10 heteroatoms. The second kappa shape index (κ2) is 6.78. The third-order valence-corrected chi connectivity index (χ3v) is 4.45. The molecule has 1 amide bonds. The molecular formula is C17H17F2N7O. The highest BCUT2D eigenvalue weighted by atomic mass is 19.1. The molecule has 0 spiro atoms. The van der Waals surface area contributed by atoms with Gasteiger partial charge in [-0.25, -0.2) is 23.7 Å². The summed E-state index contributed by atoms with van der Waals surface area (Å²) in [4.78, 5) is 30.8. The number of fused-ring (bicyclic) bond motifs is 1. The molecule has 0 saturated carbocycles. The minimum Gasteiger partial charge on any atom is -0.369 e. The van der Waals surface area contributed by atoms with E-state index in [4.69, 9.17) is 5.73 Å². The molecule has 1 fully saturated rings. The van der Waals surface area contributed by atoms with Crippen molar-refractivity contribution in [3.8, 4) is 0 Å². The van der Waals surface area contributed by atoms with Crippen LogP contribution in [0, 0.1) is 11.6 Å². The Labute approximate surface area is 153 Å². The number of aromatic amines is 1. The van der Waals surface area contributed by atoms with Gasteiger partial charge in [0.25, 0.3) is 0 Å². The molecule has 140 valence electrons. The molecule has 4 rings (SSSR count). The van der Waals surface area contributed by atoms with Gasteiger partial charge in [-0.15, -0.1) is 0 Å². The van der Waals surface area contributed by atoms with Gasteiger partial charge in [0.2, 0.25) is 17.8 Å². The number of H-pyrrole nitrogens is 1. The van der Waals surface area contributed by atoms with Crippen LogP contribution in [0.2, 0.25) is 0 Å². The topological polar surface area (TPSA) is 104 Å². The van der Waals surface area contributed by atoms with Gasteiger partial charge in [0.05, 0.1) is 29.8 Å². The van der Waals surface area contributed by atoms with E-state index in [-0.39, 0.29) is 6.42 Å². The fraction of sp³-hybridized carbons (Fsp3) is 0.294. The minimum absolute atomic E-state index is 0.0752. The Hall–Kier alpha value is -3.30. The molecule has 0 atom stereocenters. The number of amides is 1. The Bertz CT molecular complexity index is 981. The number of piperazine rings is 1. The molecule has 3 aromatic rings. The average Bonchev–Trinajstić information content (AvgIpc) is 3.06. The number of carbonyl (C=O) groups is 1. The quantitative estimate of drug-likeness (QED) is 0.707. The Morgan fingerprint density at radius 1 is 1.07 bits per heavy atom. The van der Waals surface area contributed by atoms with Crippen LogP contribution in [0.4, 0.5) is 20.7 Å². The molecule has 8 nitrogen and oxygen atoms in total. The van der Waals surface area contributed by atoms with Crippen molar-refractivity contribution >= 4 is 28.8 Å². The number of rotatable bonds is 4. The third-order valence-electron chi connectivity index (χ3n) is 4.45. The number of benzene rings is 1. The first-order valence-electron chi connectivity index (χ1n) is 8.43. The van der Waals surface area contributed by atoms with E-state index in [0.717, 1.165) is 12.4 Å². The predicted octanol–water partition coefficient (Wildman–Crippen LogP) is 0.985. The summed E-state index contributed by atoms with van der Waals surface area (Å²) in [6.45, 7) is 2.53. The maximum atomic E-state index is 13.8. The van der Waals surface area contributed by atoms with Crippen LogP contribution in [-0.4, -0.2) is 52.0 Å². The molecule has 0 bridgehead atoms. The molecule has 1 aromatic carbocycles. The lowest BCUT2D eigenvalue weighted by Crippen LogP contribution is -2.47. The van der Waals surface area contributed by atoms with Crippen molar-refractivity contribution < 1.29 is 13.6 Å². The normalized spacial score (nSPS) is 14.7. The number of nitrogens with one attached hydrogen (secondary N) is 1. The first-order valence-corrected chi connectivity index (χ1v) is 8.43. The number of carbonyl (C=O) groups excluding carboxylic acids is 1. The maximum absolute atomic E-state index is 13.8. The lowest BCUT2D eigenvalue weighted by Gasteiger charge is -2.34. The Morgan fingerprint density at radius 2 is 1.74 bits per heavy atom. The smallest absolute Gasteiger partial charge is 0.225 e. The maximum Gasteiger partial charge on any atom is 0.225 e. The van der Waals surface area contributed by atoms with Gasteiger partial charge in [0.15, 0.2) is 5.82 Å². The first kappa shape index (κ1) is 17.1. The van der Waals surface area contributed by atoms with Crippen LogP contribution in [0.5, 0.6) is 0 Å². The van der Waals surface area contributed by atoms with Crippen molar-refractivity contribution in [3.05, 3.63) is 41.7 Å². The number of nitrogens with zero attached hydrogens (tertiary/aromatic N) is 5. The summed E-state index contributed by atoms with van der Waals surface area (Å²) in [5.41, 5.74) is 6.76. The van der Waals surface area contributed by atoms with Gasteiger partial charge in [-0.3, -0.25) is 4.79 Å². The van der Waals surface area contributed by atoms with Gasteiger partial charge < -0.3 is 20.5 Å². The van der Waals surface area contributed by atoms with Crippen LogP contribution in [-0.2, 0) is 11.2 Å². The van der Waals surface area contributed by atoms with E-state index in [0.29, 0.717) is 54.7 Å². The van der Waals surface area contributed by atoms with Crippen LogP contribution < -0.4 is 15.5 Å². The van der Waals surface area contributed by atoms with E-state index in [2.05, 4.69) is 19.9 Å². The number of aromatic nitrogens is 4. The van der Waals surface area contributed by atoms with Crippen LogP contribution >= 0.6 is 0 Å². The standard InChI is InChI=1S/C17H17F2N7O/c18-11-5-10(6-14(20)27)15-13(7-11)23-17(24-15)26-3-1-25(2-4-26)16-21-8-12(19)9-22-16/h5,7-9H,1-4,6H2,(H2,20,27)(H,23,24). The summed E-state index contributed by atoms with van der Waals surface area (Å²) < 4.78 is 26.8. The van der Waals surface area contributed by atoms with Crippen molar-refractivity contribution in [2.24, 2.45) is 5.73 Å². The predicted molar refractivity (Wildman–Crippen MR) is 95.4 cm³/mol. The highest BCUT2D eigenvalue weighted by Crippen LogP contribution is 2.24. The van der Waals surface area contributed by atoms with Gasteiger partial charge >= 0.3 is 0 Å². The lowest BCUT2D eigenvalue weighted by atomic mass is 10.1. The number of primary amides is 1. The summed E-state index contributed by atoms with van der Waals surface area (Å²) in [5.74, 6) is -0.391. The zero-order valence-corrected chi connectivity index (χ0v) is 14.3. The summed E-state index contributed by atoms with van der Waals surface area (Å²) in [7, 11) is 0. The van der Waals surface area contributed by atoms with Crippen LogP contribution in [0.25, 0.3) is 11.0 Å². The van der Waals surface area contributed by atoms with Gasteiger partial charge in [-0.05, 0) is 17.7 Å². The summed E-state index contributed by atoms with van der Waals surface area (Å²) in [6, 6.07) is 2.63. The molecule has 1 aliphatic heterocycles. The van der Waals surface area contributed by atoms with E-state index < -0.39 is 17.5 Å². The largest absolute Gasteiger partial charge is 0.369 e. The van der Waals surface area contributed by atoms with Crippen LogP contribution in [0.3, 0.4) is 0 Å². The molecule has 0 unspecified atom stereocenters. The number of nitrogens with two attached hydrogens (primary N) is 1. The third kappa shape index (κ3) is 3.50. The monoisotopic (exact) mass is 373 g/mol. The number of hydrogen-bond acceptors (Lipinski definition) is 6. The number of anilines is 2. The first-order chi connectivity index (χ1) is 13.0. The van der Waals surface area contributed by atoms with E-state index in [1.165, 1.54) is 12.1 Å². The van der Waals surface area contributed by atoms with Gasteiger partial charge in [0, 0.05) is 26.2 Å². The van der Waals surface area contributed by atoms with E-state index in [1.807, 2.05) is 9.80 Å². The second-order valence-corrected chi connectivity index (χ2v) is 6.34. The Kier molecular flexibility index (Phi) is 4.30. The molecule has 1 aliphatic rings. The summed E-state index contributed by atoms with van der Waals surface area (Å²) in [5, 5.41) is 0. The van der Waals surface area contributed by atoms with Crippen molar-refractivity contribution in [3.63, 3.8) is 0 Å². The molecule has 27 heavy (non-hydrogen) atoms. The Morgan fingerprint density at radius 3 is 2.41 bits per heavy atom. The fourth-order valence-corrected chi connectivity index (χ4v) is 3.20. The number of hydrogen-bond donors (Lipinski definition) is 2. The van der Waals surface area contributed by atoms with Gasteiger partial charge in [-0.2, -0.15) is 0 Å². The van der Waals surface area contributed by atoms with Crippen molar-refractivity contribution in [1.29, 1.82) is 0 Å². The van der Waals surface area contributed by atoms with E-state index in [9.17, 15) is 13.6 Å². The molecule has 3 heterocycles. The van der Waals surface area contributed by atoms with Crippen molar-refractivity contribution in [1.82, 2.24) is 19.9 Å². The summed E-state index contributed by atoms with van der Waals surface area (Å²) in [6.07, 6.45) is 2.21. The Balaban J connectivity index is 1.53. The second-order valence-electron chi connectivity index (χ2n) is 6.34. The minimum atomic E-state index is -0.542. The fourth-order valence-electron chi connectivity index (χ4n) is 3.20. The zero-order chi connectivity index (χ0) is 19.0. The highest BCUT2D eigenvalue weighted by molar-refractivity contribution is 5.86. The van der Waals surface area contributed by atoms with Crippen LogP contribution in [0.15, 0.2) is 24.5 Å². The molecule has 0 aliphatic carbocycles. The van der Waals surface area contributed by atoms with E-state index in [1.54, 1.807) is 0 Å². The molecule has 3 N–H and O–H groups in total. The summed E-state index contributed by atoms with van der Waals surface area (Å²) >= 11 is 0. The van der Waals surface area contributed by atoms with Crippen molar-refractivity contribution in [2.45, 2.75) is 6.42 Å². The lowest BCUT2D eigenvalue weighted by molar-refractivity contribution is -0.117. The van der Waals surface area contributed by atoms with Crippen molar-refractivity contribution in [2.75, 3.05) is 36.0 Å².